The molecule has 0 aliphatic carbocycles. The third kappa shape index (κ3) is 2.97. The van der Waals surface area contributed by atoms with Gasteiger partial charge in [-0.15, -0.1) is 12.3 Å². The Morgan fingerprint density at radius 1 is 1.32 bits per heavy atom. The van der Waals surface area contributed by atoms with E-state index in [1.165, 1.54) is 11.1 Å². The number of rotatable bonds is 4. The molecule has 2 heterocycles. The lowest BCUT2D eigenvalue weighted by Crippen LogP contribution is -2.50. The molecule has 0 aromatic heterocycles. The van der Waals surface area contributed by atoms with E-state index in [4.69, 9.17) is 11.2 Å². The molecule has 1 aromatic carbocycles. The van der Waals surface area contributed by atoms with Crippen LogP contribution >= 0.6 is 0 Å². The maximum absolute atomic E-state index is 12.0. The molecule has 0 saturated carbocycles. The summed E-state index contributed by atoms with van der Waals surface area (Å²) in [6.45, 7) is 1.94. The molecule has 1 N–H and O–H groups in total. The summed E-state index contributed by atoms with van der Waals surface area (Å²) >= 11 is 0. The van der Waals surface area contributed by atoms with Gasteiger partial charge in [-0.05, 0) is 29.7 Å². The van der Waals surface area contributed by atoms with E-state index in [1.807, 2.05) is 18.2 Å². The van der Waals surface area contributed by atoms with Crippen molar-refractivity contribution >= 4 is 11.8 Å². The summed E-state index contributed by atoms with van der Waals surface area (Å²) in [6, 6.07) is 5.75. The van der Waals surface area contributed by atoms with Gasteiger partial charge in [-0.2, -0.15) is 0 Å². The minimum Gasteiger partial charge on any atom is -0.493 e. The SMILES string of the molecule is C#CCCOc1ccc2c(c1)CN(C1CCC(=O)NC1=O)C2. The number of terminal acetylenes is 1. The number of fused-ring (bicyclic) bond motifs is 1. The van der Waals surface area contributed by atoms with Gasteiger partial charge in [0.2, 0.25) is 11.8 Å². The van der Waals surface area contributed by atoms with Crippen molar-refractivity contribution in [2.24, 2.45) is 0 Å². The smallest absolute Gasteiger partial charge is 0.243 e. The second-order valence-electron chi connectivity index (χ2n) is 5.60. The molecular weight excluding hydrogens is 280 g/mol. The number of nitrogens with zero attached hydrogens (tertiary/aromatic N) is 1. The van der Waals surface area contributed by atoms with Crippen LogP contribution in [0.3, 0.4) is 0 Å². The third-order valence-corrected chi connectivity index (χ3v) is 4.09. The topological polar surface area (TPSA) is 58.6 Å². The molecule has 3 rings (SSSR count). The standard InChI is InChI=1S/C17H18N2O3/c1-2-3-8-22-14-5-4-12-10-19(11-13(12)9-14)15-6-7-16(20)18-17(15)21/h1,4-5,9,15H,3,6-8,10-11H2,(H,18,20,21). The number of piperidine rings is 1. The summed E-state index contributed by atoms with van der Waals surface area (Å²) in [4.78, 5) is 25.3. The van der Waals surface area contributed by atoms with Gasteiger partial charge in [0.25, 0.3) is 0 Å². The van der Waals surface area contributed by atoms with Crippen LogP contribution in [0.4, 0.5) is 0 Å². The Morgan fingerprint density at radius 2 is 2.14 bits per heavy atom. The first-order chi connectivity index (χ1) is 10.7. The quantitative estimate of drug-likeness (QED) is 0.516. The number of ether oxygens (including phenoxy) is 1. The van der Waals surface area contributed by atoms with Gasteiger partial charge in [0, 0.05) is 25.9 Å². The van der Waals surface area contributed by atoms with E-state index < -0.39 is 0 Å². The molecule has 5 nitrogen and oxygen atoms in total. The number of hydrogen-bond donors (Lipinski definition) is 1. The lowest BCUT2D eigenvalue weighted by atomic mass is 10.0. The Morgan fingerprint density at radius 3 is 2.91 bits per heavy atom. The normalized spacial score (nSPS) is 21.1. The first-order valence-electron chi connectivity index (χ1n) is 7.43. The number of carbonyl (C=O) groups is 2. The largest absolute Gasteiger partial charge is 0.493 e. The van der Waals surface area contributed by atoms with E-state index >= 15 is 0 Å². The van der Waals surface area contributed by atoms with Crippen LogP contribution in [0.1, 0.15) is 30.4 Å². The second-order valence-corrected chi connectivity index (χ2v) is 5.60. The second kappa shape index (κ2) is 6.20. The van der Waals surface area contributed by atoms with E-state index in [1.54, 1.807) is 0 Å². The van der Waals surface area contributed by atoms with E-state index in [0.717, 1.165) is 12.3 Å². The van der Waals surface area contributed by atoms with Gasteiger partial charge in [0.1, 0.15) is 5.75 Å². The van der Waals surface area contributed by atoms with Crippen molar-refractivity contribution in [2.45, 2.75) is 38.4 Å². The maximum atomic E-state index is 12.0. The van der Waals surface area contributed by atoms with Crippen molar-refractivity contribution < 1.29 is 14.3 Å². The first kappa shape index (κ1) is 14.6. The minimum absolute atomic E-state index is 0.179. The van der Waals surface area contributed by atoms with E-state index in [2.05, 4.69) is 16.1 Å². The Kier molecular flexibility index (Phi) is 4.12. The predicted molar refractivity (Wildman–Crippen MR) is 80.8 cm³/mol. The van der Waals surface area contributed by atoms with Crippen molar-refractivity contribution in [1.82, 2.24) is 10.2 Å². The number of imide groups is 1. The molecule has 22 heavy (non-hydrogen) atoms. The molecule has 0 radical (unpaired) electrons. The average Bonchev–Trinajstić information content (AvgIpc) is 2.90. The molecular formula is C17H18N2O3. The highest BCUT2D eigenvalue weighted by atomic mass is 16.5. The summed E-state index contributed by atoms with van der Waals surface area (Å²) in [5.74, 6) is 2.98. The average molecular weight is 298 g/mol. The predicted octanol–water partition coefficient (Wildman–Crippen LogP) is 1.21. The highest BCUT2D eigenvalue weighted by Gasteiger charge is 2.34. The Hall–Kier alpha value is -2.32. The van der Waals surface area contributed by atoms with Gasteiger partial charge in [0.05, 0.1) is 12.6 Å². The van der Waals surface area contributed by atoms with Crippen molar-refractivity contribution in [3.8, 4) is 18.1 Å². The monoisotopic (exact) mass is 298 g/mol. The highest BCUT2D eigenvalue weighted by molar-refractivity contribution is 6.00. The Balaban J connectivity index is 1.66. The van der Waals surface area contributed by atoms with Crippen molar-refractivity contribution in [1.29, 1.82) is 0 Å². The zero-order valence-electron chi connectivity index (χ0n) is 12.3. The molecule has 0 spiro atoms. The number of carbonyl (C=O) groups excluding carboxylic acids is 2. The molecule has 2 aliphatic rings. The zero-order chi connectivity index (χ0) is 15.5. The van der Waals surface area contributed by atoms with Crippen molar-refractivity contribution in [3.63, 3.8) is 0 Å². The number of nitrogens with one attached hydrogen (secondary N) is 1. The lowest BCUT2D eigenvalue weighted by Gasteiger charge is -2.29. The molecule has 1 unspecified atom stereocenters. The summed E-state index contributed by atoms with van der Waals surface area (Å²) in [6.07, 6.45) is 6.78. The fraction of sp³-hybridized carbons (Fsp3) is 0.412. The molecule has 5 heteroatoms. The Labute approximate surface area is 129 Å². The van der Waals surface area contributed by atoms with Crippen LogP contribution in [-0.2, 0) is 22.7 Å². The third-order valence-electron chi connectivity index (χ3n) is 4.09. The number of hydrogen-bond acceptors (Lipinski definition) is 4. The lowest BCUT2D eigenvalue weighted by molar-refractivity contribution is -0.137. The van der Waals surface area contributed by atoms with Crippen LogP contribution in [-0.4, -0.2) is 29.4 Å². The van der Waals surface area contributed by atoms with Gasteiger partial charge in [-0.3, -0.25) is 19.8 Å². The summed E-state index contributed by atoms with van der Waals surface area (Å²) in [5, 5.41) is 2.42. The summed E-state index contributed by atoms with van der Waals surface area (Å²) in [5.41, 5.74) is 2.37. The van der Waals surface area contributed by atoms with Crippen molar-refractivity contribution in [3.05, 3.63) is 29.3 Å². The van der Waals surface area contributed by atoms with Gasteiger partial charge in [-0.1, -0.05) is 6.07 Å². The fourth-order valence-corrected chi connectivity index (χ4v) is 2.97. The maximum Gasteiger partial charge on any atom is 0.243 e. The van der Waals surface area contributed by atoms with Crippen LogP contribution in [0.2, 0.25) is 0 Å². The molecule has 1 fully saturated rings. The molecule has 0 bridgehead atoms. The molecule has 1 aromatic rings. The molecule has 2 aliphatic heterocycles. The number of amides is 2. The molecule has 1 atom stereocenters. The van der Waals surface area contributed by atoms with Crippen LogP contribution in [0.5, 0.6) is 5.75 Å². The zero-order valence-corrected chi connectivity index (χ0v) is 12.3. The van der Waals surface area contributed by atoms with E-state index in [-0.39, 0.29) is 17.9 Å². The summed E-state index contributed by atoms with van der Waals surface area (Å²) in [7, 11) is 0. The van der Waals surface area contributed by atoms with Crippen LogP contribution < -0.4 is 10.1 Å². The molecule has 1 saturated heterocycles. The van der Waals surface area contributed by atoms with Crippen LogP contribution in [0.25, 0.3) is 0 Å². The molecule has 2 amide bonds. The first-order valence-corrected chi connectivity index (χ1v) is 7.43. The van der Waals surface area contributed by atoms with Crippen LogP contribution in [0.15, 0.2) is 18.2 Å². The highest BCUT2D eigenvalue weighted by Crippen LogP contribution is 2.30. The minimum atomic E-state index is -0.226. The Bertz CT molecular complexity index is 648. The van der Waals surface area contributed by atoms with Gasteiger partial charge in [0.15, 0.2) is 0 Å². The van der Waals surface area contributed by atoms with Gasteiger partial charge < -0.3 is 4.74 Å². The van der Waals surface area contributed by atoms with Gasteiger partial charge in [-0.25, -0.2) is 0 Å². The fourth-order valence-electron chi connectivity index (χ4n) is 2.97. The van der Waals surface area contributed by atoms with Gasteiger partial charge >= 0.3 is 0 Å². The number of benzene rings is 1. The van der Waals surface area contributed by atoms with Crippen LogP contribution in [0, 0.1) is 12.3 Å². The summed E-state index contributed by atoms with van der Waals surface area (Å²) < 4.78 is 5.60. The van der Waals surface area contributed by atoms with E-state index in [0.29, 0.717) is 32.4 Å². The molecule has 114 valence electrons. The van der Waals surface area contributed by atoms with Crippen molar-refractivity contribution in [2.75, 3.05) is 6.61 Å². The van der Waals surface area contributed by atoms with E-state index in [9.17, 15) is 9.59 Å².